The molecular formula is C19H19F2N3OS. The molecule has 2 aromatic rings. The summed E-state index contributed by atoms with van der Waals surface area (Å²) in [6.45, 7) is 1.76. The number of rotatable bonds is 4. The van der Waals surface area contributed by atoms with Gasteiger partial charge in [0, 0.05) is 23.4 Å². The maximum Gasteiger partial charge on any atom is 0.251 e. The van der Waals surface area contributed by atoms with Gasteiger partial charge in [-0.3, -0.25) is 9.79 Å². The van der Waals surface area contributed by atoms with Crippen LogP contribution in [0.3, 0.4) is 0 Å². The number of nitrogens with zero attached hydrogens (tertiary/aromatic N) is 1. The zero-order valence-electron chi connectivity index (χ0n) is 14.3. The highest BCUT2D eigenvalue weighted by Gasteiger charge is 2.29. The molecule has 7 heteroatoms. The van der Waals surface area contributed by atoms with Gasteiger partial charge in [-0.15, -0.1) is 0 Å². The molecule has 0 aromatic heterocycles. The largest absolute Gasteiger partial charge is 0.379 e. The van der Waals surface area contributed by atoms with E-state index in [0.717, 1.165) is 29.9 Å². The van der Waals surface area contributed by atoms with Gasteiger partial charge in [-0.2, -0.15) is 0 Å². The highest BCUT2D eigenvalue weighted by atomic mass is 32.2. The van der Waals surface area contributed by atoms with Crippen LogP contribution in [-0.2, 0) is 12.1 Å². The molecule has 2 aromatic carbocycles. The van der Waals surface area contributed by atoms with Gasteiger partial charge in [-0.05, 0) is 43.2 Å². The second kappa shape index (κ2) is 7.45. The summed E-state index contributed by atoms with van der Waals surface area (Å²) in [7, 11) is 0. The van der Waals surface area contributed by atoms with Gasteiger partial charge in [0.2, 0.25) is 0 Å². The number of hydrogen-bond donors (Lipinski definition) is 2. The second-order valence-corrected chi connectivity index (χ2v) is 7.40. The Morgan fingerprint density at radius 1 is 1.27 bits per heavy atom. The summed E-state index contributed by atoms with van der Waals surface area (Å²) in [5, 5.41) is 3.10. The molecular weight excluding hydrogens is 356 g/mol. The Balaban J connectivity index is 1.78. The molecule has 0 radical (unpaired) electrons. The lowest BCUT2D eigenvalue weighted by Gasteiger charge is -2.30. The van der Waals surface area contributed by atoms with E-state index in [1.165, 1.54) is 17.8 Å². The van der Waals surface area contributed by atoms with Crippen molar-refractivity contribution in [1.29, 1.82) is 0 Å². The van der Waals surface area contributed by atoms with E-state index in [1.54, 1.807) is 18.2 Å². The smallest absolute Gasteiger partial charge is 0.251 e. The first-order chi connectivity index (χ1) is 12.4. The van der Waals surface area contributed by atoms with E-state index in [-0.39, 0.29) is 12.1 Å². The molecule has 0 saturated carbocycles. The summed E-state index contributed by atoms with van der Waals surface area (Å²) in [5.74, 6) is -0.915. The predicted octanol–water partition coefficient (Wildman–Crippen LogP) is 3.56. The van der Waals surface area contributed by atoms with Crippen molar-refractivity contribution >= 4 is 22.8 Å². The van der Waals surface area contributed by atoms with E-state index in [2.05, 4.69) is 10.3 Å². The summed E-state index contributed by atoms with van der Waals surface area (Å²) in [6.07, 6.45) is 0.809. The third kappa shape index (κ3) is 3.88. The van der Waals surface area contributed by atoms with Crippen molar-refractivity contribution < 1.29 is 13.6 Å². The molecule has 1 unspecified atom stereocenters. The minimum Gasteiger partial charge on any atom is -0.379 e. The molecule has 0 bridgehead atoms. The van der Waals surface area contributed by atoms with Crippen LogP contribution in [0.2, 0.25) is 0 Å². The number of aliphatic imine (C=N–C) groups is 1. The van der Waals surface area contributed by atoms with E-state index >= 15 is 0 Å². The number of carbonyl (C=O) groups excluding carboxylic acids is 1. The van der Waals surface area contributed by atoms with Gasteiger partial charge < -0.3 is 11.1 Å². The average molecular weight is 375 g/mol. The zero-order chi connectivity index (χ0) is 18.7. The number of amides is 1. The maximum atomic E-state index is 13.7. The molecule has 0 aliphatic carbocycles. The van der Waals surface area contributed by atoms with Crippen LogP contribution in [0.25, 0.3) is 0 Å². The zero-order valence-corrected chi connectivity index (χ0v) is 15.1. The first-order valence-electron chi connectivity index (χ1n) is 8.19. The molecule has 0 spiro atoms. The van der Waals surface area contributed by atoms with E-state index in [0.29, 0.717) is 10.7 Å². The van der Waals surface area contributed by atoms with E-state index in [1.807, 2.05) is 13.0 Å². The molecule has 3 N–H and O–H groups in total. The molecule has 3 rings (SSSR count). The van der Waals surface area contributed by atoms with Crippen LogP contribution in [0.15, 0.2) is 47.5 Å². The minimum atomic E-state index is -0.684. The van der Waals surface area contributed by atoms with Crippen molar-refractivity contribution in [3.63, 3.8) is 0 Å². The van der Waals surface area contributed by atoms with Crippen LogP contribution in [0, 0.1) is 11.6 Å². The Morgan fingerprint density at radius 2 is 1.96 bits per heavy atom. The monoisotopic (exact) mass is 375 g/mol. The van der Waals surface area contributed by atoms with Gasteiger partial charge in [-0.25, -0.2) is 8.78 Å². The first kappa shape index (κ1) is 18.4. The number of halogens is 2. The summed E-state index contributed by atoms with van der Waals surface area (Å²) >= 11 is 1.51. The number of carbonyl (C=O) groups is 1. The lowest BCUT2D eigenvalue weighted by atomic mass is 9.88. The van der Waals surface area contributed by atoms with Crippen LogP contribution < -0.4 is 11.1 Å². The lowest BCUT2D eigenvalue weighted by molar-refractivity contribution is 0.0950. The van der Waals surface area contributed by atoms with Gasteiger partial charge >= 0.3 is 0 Å². The molecule has 1 aliphatic heterocycles. The van der Waals surface area contributed by atoms with Crippen LogP contribution >= 0.6 is 11.8 Å². The van der Waals surface area contributed by atoms with E-state index in [4.69, 9.17) is 5.73 Å². The first-order valence-corrected chi connectivity index (χ1v) is 9.17. The van der Waals surface area contributed by atoms with Crippen molar-refractivity contribution in [3.8, 4) is 0 Å². The Hall–Kier alpha value is -2.41. The predicted molar refractivity (Wildman–Crippen MR) is 100 cm³/mol. The Morgan fingerprint density at radius 3 is 2.65 bits per heavy atom. The summed E-state index contributed by atoms with van der Waals surface area (Å²) < 4.78 is 27.4. The summed E-state index contributed by atoms with van der Waals surface area (Å²) in [5.41, 5.74) is 6.49. The fraction of sp³-hybridized carbons (Fsp3) is 0.263. The number of thioether (sulfide) groups is 1. The average Bonchev–Trinajstić information content (AvgIpc) is 2.61. The standard InChI is InChI=1S/C19H19F2N3OS/c1-19(8-9-26-18(22)24-19)13-5-2-4-12(10-13)17(25)23-11-14-15(20)6-3-7-16(14)21/h2-7,10H,8-9,11H2,1H3,(H2,22,24)(H,23,25). The fourth-order valence-electron chi connectivity index (χ4n) is 2.86. The van der Waals surface area contributed by atoms with Crippen LogP contribution in [0.4, 0.5) is 8.78 Å². The number of nitrogens with one attached hydrogen (secondary N) is 1. The summed E-state index contributed by atoms with van der Waals surface area (Å²) in [4.78, 5) is 17.0. The van der Waals surface area contributed by atoms with E-state index in [9.17, 15) is 13.6 Å². The molecule has 26 heavy (non-hydrogen) atoms. The van der Waals surface area contributed by atoms with Crippen LogP contribution in [0.5, 0.6) is 0 Å². The van der Waals surface area contributed by atoms with Crippen LogP contribution in [0.1, 0.15) is 34.8 Å². The molecule has 4 nitrogen and oxygen atoms in total. The number of benzene rings is 2. The van der Waals surface area contributed by atoms with Crippen LogP contribution in [-0.4, -0.2) is 16.8 Å². The Kier molecular flexibility index (Phi) is 5.27. The normalized spacial score (nSPS) is 19.7. The molecule has 1 atom stereocenters. The molecule has 136 valence electrons. The topological polar surface area (TPSA) is 67.5 Å². The summed E-state index contributed by atoms with van der Waals surface area (Å²) in [6, 6.07) is 10.7. The van der Waals surface area contributed by atoms with Gasteiger partial charge in [-0.1, -0.05) is 30.0 Å². The van der Waals surface area contributed by atoms with Crippen molar-refractivity contribution in [2.45, 2.75) is 25.4 Å². The molecule has 0 fully saturated rings. The van der Waals surface area contributed by atoms with Gasteiger partial charge in [0.15, 0.2) is 5.17 Å². The molecule has 1 amide bonds. The van der Waals surface area contributed by atoms with Crippen molar-refractivity contribution in [2.75, 3.05) is 5.75 Å². The van der Waals surface area contributed by atoms with Crippen molar-refractivity contribution in [3.05, 3.63) is 70.8 Å². The SMILES string of the molecule is CC1(c2cccc(C(=O)NCc3c(F)cccc3F)c2)CCSC(N)=N1. The highest BCUT2D eigenvalue weighted by Crippen LogP contribution is 2.35. The highest BCUT2D eigenvalue weighted by molar-refractivity contribution is 8.13. The quantitative estimate of drug-likeness (QED) is 0.859. The number of amidine groups is 1. The van der Waals surface area contributed by atoms with Gasteiger partial charge in [0.25, 0.3) is 5.91 Å². The Bertz CT molecular complexity index is 851. The minimum absolute atomic E-state index is 0.161. The number of hydrogen-bond acceptors (Lipinski definition) is 4. The molecule has 1 heterocycles. The second-order valence-electron chi connectivity index (χ2n) is 6.29. The maximum absolute atomic E-state index is 13.7. The molecule has 0 saturated heterocycles. The van der Waals surface area contributed by atoms with Gasteiger partial charge in [0.1, 0.15) is 11.6 Å². The number of nitrogens with two attached hydrogens (primary N) is 1. The third-order valence-corrected chi connectivity index (χ3v) is 5.23. The molecule has 1 aliphatic rings. The third-order valence-electron chi connectivity index (χ3n) is 4.43. The Labute approximate surface area is 154 Å². The van der Waals surface area contributed by atoms with Gasteiger partial charge in [0.05, 0.1) is 5.54 Å². The van der Waals surface area contributed by atoms with Crippen molar-refractivity contribution in [1.82, 2.24) is 5.32 Å². The lowest BCUT2D eigenvalue weighted by Crippen LogP contribution is -2.29. The van der Waals surface area contributed by atoms with Crippen molar-refractivity contribution in [2.24, 2.45) is 10.7 Å². The van der Waals surface area contributed by atoms with E-state index < -0.39 is 23.1 Å². The fourth-order valence-corrected chi connectivity index (χ4v) is 3.84.